The Balaban J connectivity index is 1.66. The van der Waals surface area contributed by atoms with Gasteiger partial charge < -0.3 is 21.4 Å². The van der Waals surface area contributed by atoms with E-state index in [1.165, 1.54) is 6.92 Å². The summed E-state index contributed by atoms with van der Waals surface area (Å²) < 4.78 is 0. The van der Waals surface area contributed by atoms with Gasteiger partial charge >= 0.3 is 0 Å². The van der Waals surface area contributed by atoms with Crippen LogP contribution in [0.2, 0.25) is 0 Å². The van der Waals surface area contributed by atoms with Crippen molar-refractivity contribution in [1.29, 1.82) is 0 Å². The monoisotopic (exact) mass is 432 g/mol. The van der Waals surface area contributed by atoms with Crippen LogP contribution < -0.4 is 16.4 Å². The van der Waals surface area contributed by atoms with E-state index >= 15 is 0 Å². The second-order valence-corrected chi connectivity index (χ2v) is 7.68. The first kappa shape index (κ1) is 22.8. The molecule has 3 aromatic rings. The van der Waals surface area contributed by atoms with Gasteiger partial charge in [-0.15, -0.1) is 0 Å². The van der Waals surface area contributed by atoms with Crippen LogP contribution >= 0.6 is 0 Å². The molecule has 0 aliphatic heterocycles. The molecule has 0 fully saturated rings. The molecule has 7 nitrogen and oxygen atoms in total. The lowest BCUT2D eigenvalue weighted by atomic mass is 10.0. The average molecular weight is 433 g/mol. The Kier molecular flexibility index (Phi) is 7.10. The largest absolute Gasteiger partial charge is 0.397 e. The molecule has 0 bridgehead atoms. The number of aromatic amines is 1. The molecule has 0 aliphatic carbocycles. The summed E-state index contributed by atoms with van der Waals surface area (Å²) in [5.41, 5.74) is 10.9. The molecule has 0 aliphatic rings. The molecule has 1 heterocycles. The van der Waals surface area contributed by atoms with E-state index in [1.54, 1.807) is 25.1 Å². The van der Waals surface area contributed by atoms with E-state index in [4.69, 9.17) is 5.73 Å². The van der Waals surface area contributed by atoms with Crippen molar-refractivity contribution in [2.24, 2.45) is 0 Å². The Morgan fingerprint density at radius 1 is 1.03 bits per heavy atom. The number of H-pyrrole nitrogens is 1. The van der Waals surface area contributed by atoms with Gasteiger partial charge in [0.15, 0.2) is 5.78 Å². The minimum Gasteiger partial charge on any atom is -0.397 e. The lowest BCUT2D eigenvalue weighted by Gasteiger charge is -2.10. The van der Waals surface area contributed by atoms with Gasteiger partial charge in [-0.25, -0.2) is 0 Å². The van der Waals surface area contributed by atoms with E-state index in [0.717, 1.165) is 11.1 Å². The predicted octanol–water partition coefficient (Wildman–Crippen LogP) is 4.49. The summed E-state index contributed by atoms with van der Waals surface area (Å²) in [4.78, 5) is 40.1. The van der Waals surface area contributed by atoms with Crippen molar-refractivity contribution in [3.05, 3.63) is 76.6 Å². The molecule has 2 amide bonds. The van der Waals surface area contributed by atoms with Gasteiger partial charge in [0.05, 0.1) is 11.4 Å². The molecule has 0 saturated heterocycles. The van der Waals surface area contributed by atoms with Crippen LogP contribution in [0.3, 0.4) is 0 Å². The van der Waals surface area contributed by atoms with Crippen LogP contribution in [0.15, 0.2) is 48.5 Å². The summed E-state index contributed by atoms with van der Waals surface area (Å²) in [6.07, 6.45) is 1.37. The summed E-state index contributed by atoms with van der Waals surface area (Å²) in [5, 5.41) is 5.70. The lowest BCUT2D eigenvalue weighted by molar-refractivity contribution is -0.116. The maximum absolute atomic E-state index is 12.9. The van der Waals surface area contributed by atoms with E-state index in [9.17, 15) is 14.4 Å². The van der Waals surface area contributed by atoms with Crippen LogP contribution in [0.1, 0.15) is 57.9 Å². The van der Waals surface area contributed by atoms with Gasteiger partial charge in [-0.2, -0.15) is 0 Å². The zero-order valence-electron chi connectivity index (χ0n) is 18.5. The third-order valence-electron chi connectivity index (χ3n) is 5.28. The van der Waals surface area contributed by atoms with E-state index in [0.29, 0.717) is 46.9 Å². The van der Waals surface area contributed by atoms with Crippen LogP contribution in [-0.4, -0.2) is 22.6 Å². The highest BCUT2D eigenvalue weighted by molar-refractivity contribution is 6.07. The second-order valence-electron chi connectivity index (χ2n) is 7.68. The molecule has 2 aromatic carbocycles. The SMILES string of the molecule is CCc1c(C(=O)Nc2cccc(CCC(=O)Nc3ccccc3N)c2)[nH]c(C)c1C(C)=O. The molecular weight excluding hydrogens is 404 g/mol. The highest BCUT2D eigenvalue weighted by Crippen LogP contribution is 2.22. The number of amides is 2. The Morgan fingerprint density at radius 2 is 1.78 bits per heavy atom. The fraction of sp³-hybridized carbons (Fsp3) is 0.240. The van der Waals surface area contributed by atoms with Gasteiger partial charge in [0, 0.05) is 23.4 Å². The van der Waals surface area contributed by atoms with Crippen molar-refractivity contribution in [1.82, 2.24) is 4.98 Å². The fourth-order valence-corrected chi connectivity index (χ4v) is 3.78. The third kappa shape index (κ3) is 5.24. The minimum atomic E-state index is -0.299. The van der Waals surface area contributed by atoms with Crippen LogP contribution in [0, 0.1) is 6.92 Å². The van der Waals surface area contributed by atoms with Gasteiger partial charge in [0.2, 0.25) is 5.91 Å². The number of nitrogen functional groups attached to an aromatic ring is 1. The number of ketones is 1. The van der Waals surface area contributed by atoms with Gasteiger partial charge in [-0.1, -0.05) is 31.2 Å². The summed E-state index contributed by atoms with van der Waals surface area (Å²) in [5.74, 6) is -0.498. The molecule has 0 spiro atoms. The first-order chi connectivity index (χ1) is 15.3. The van der Waals surface area contributed by atoms with E-state index in [-0.39, 0.29) is 24.0 Å². The molecule has 7 heteroatoms. The molecular formula is C25H28N4O3. The highest BCUT2D eigenvalue weighted by Gasteiger charge is 2.21. The Morgan fingerprint density at radius 3 is 2.47 bits per heavy atom. The van der Waals surface area contributed by atoms with Crippen LogP contribution in [-0.2, 0) is 17.6 Å². The number of aryl methyl sites for hydroxylation is 2. The zero-order chi connectivity index (χ0) is 23.3. The number of hydrogen-bond donors (Lipinski definition) is 4. The molecule has 0 atom stereocenters. The number of Topliss-reactive ketones (excluding diaryl/α,β-unsaturated/α-hetero) is 1. The summed E-state index contributed by atoms with van der Waals surface area (Å²) in [6.45, 7) is 5.21. The summed E-state index contributed by atoms with van der Waals surface area (Å²) in [7, 11) is 0. The van der Waals surface area contributed by atoms with Crippen LogP contribution in [0.4, 0.5) is 17.1 Å². The normalized spacial score (nSPS) is 10.6. The van der Waals surface area contributed by atoms with Crippen molar-refractivity contribution < 1.29 is 14.4 Å². The van der Waals surface area contributed by atoms with Crippen molar-refractivity contribution in [3.63, 3.8) is 0 Å². The number of aromatic nitrogens is 1. The number of para-hydroxylation sites is 2. The van der Waals surface area contributed by atoms with E-state index < -0.39 is 0 Å². The van der Waals surface area contributed by atoms with Crippen molar-refractivity contribution in [2.75, 3.05) is 16.4 Å². The summed E-state index contributed by atoms with van der Waals surface area (Å²) >= 11 is 0. The number of carbonyl (C=O) groups is 3. The molecule has 5 N–H and O–H groups in total. The van der Waals surface area contributed by atoms with Crippen LogP contribution in [0.25, 0.3) is 0 Å². The lowest BCUT2D eigenvalue weighted by Crippen LogP contribution is -2.15. The first-order valence-electron chi connectivity index (χ1n) is 10.6. The molecule has 0 radical (unpaired) electrons. The maximum Gasteiger partial charge on any atom is 0.272 e. The molecule has 0 unspecified atom stereocenters. The van der Waals surface area contributed by atoms with Gasteiger partial charge in [0.1, 0.15) is 5.69 Å². The molecule has 1 aromatic heterocycles. The fourth-order valence-electron chi connectivity index (χ4n) is 3.78. The maximum atomic E-state index is 12.9. The smallest absolute Gasteiger partial charge is 0.272 e. The zero-order valence-corrected chi connectivity index (χ0v) is 18.5. The number of nitrogens with one attached hydrogen (secondary N) is 3. The van der Waals surface area contributed by atoms with Gasteiger partial charge in [0.25, 0.3) is 5.91 Å². The molecule has 166 valence electrons. The van der Waals surface area contributed by atoms with E-state index in [1.807, 2.05) is 37.3 Å². The summed E-state index contributed by atoms with van der Waals surface area (Å²) in [6, 6.07) is 14.5. The van der Waals surface area contributed by atoms with Gasteiger partial charge in [-0.05, 0) is 62.1 Å². The average Bonchev–Trinajstić information content (AvgIpc) is 3.11. The number of hydrogen-bond acceptors (Lipinski definition) is 4. The topological polar surface area (TPSA) is 117 Å². The number of benzene rings is 2. The molecule has 3 rings (SSSR count). The number of rotatable bonds is 8. The number of anilines is 3. The predicted molar refractivity (Wildman–Crippen MR) is 127 cm³/mol. The quantitative estimate of drug-likeness (QED) is 0.310. The van der Waals surface area contributed by atoms with Gasteiger partial charge in [-0.3, -0.25) is 14.4 Å². The number of nitrogens with two attached hydrogens (primary N) is 1. The first-order valence-corrected chi connectivity index (χ1v) is 10.6. The van der Waals surface area contributed by atoms with Crippen molar-refractivity contribution >= 4 is 34.7 Å². The van der Waals surface area contributed by atoms with Crippen LogP contribution in [0.5, 0.6) is 0 Å². The standard InChI is InChI=1S/C25H28N4O3/c1-4-19-23(16(3)30)15(2)27-24(19)25(32)28-18-9-7-8-17(14-18)12-13-22(31)29-21-11-6-5-10-20(21)26/h5-11,14,27H,4,12-13,26H2,1-3H3,(H,28,32)(H,29,31). The van der Waals surface area contributed by atoms with Crippen molar-refractivity contribution in [3.8, 4) is 0 Å². The Hall–Kier alpha value is -3.87. The van der Waals surface area contributed by atoms with Crippen molar-refractivity contribution in [2.45, 2.75) is 40.0 Å². The minimum absolute atomic E-state index is 0.0628. The number of carbonyl (C=O) groups excluding carboxylic acids is 3. The second kappa shape index (κ2) is 9.96. The van der Waals surface area contributed by atoms with E-state index in [2.05, 4.69) is 15.6 Å². The Labute approximate surface area is 187 Å². The third-order valence-corrected chi connectivity index (χ3v) is 5.28. The Bertz CT molecular complexity index is 1160. The molecule has 0 saturated carbocycles. The molecule has 32 heavy (non-hydrogen) atoms. The highest BCUT2D eigenvalue weighted by atomic mass is 16.2.